The number of hydrogen-bond donors (Lipinski definition) is 1. The van der Waals surface area contributed by atoms with Crippen LogP contribution < -0.4 is 19.3 Å². The van der Waals surface area contributed by atoms with Crippen molar-refractivity contribution in [2.24, 2.45) is 5.92 Å². The molecule has 75 heavy (non-hydrogen) atoms. The zero-order chi connectivity index (χ0) is 53.8. The van der Waals surface area contributed by atoms with Gasteiger partial charge in [0.1, 0.15) is 36.3 Å². The zero-order valence-electron chi connectivity index (χ0n) is 42.1. The van der Waals surface area contributed by atoms with E-state index in [1.807, 2.05) is 51.1 Å². The number of aliphatic hydroxyl groups excluding tert-OH is 1. The smallest absolute Gasteiger partial charge is 0.417 e. The number of alkyl halides is 3. The highest BCUT2D eigenvalue weighted by Crippen LogP contribution is 2.40. The Morgan fingerprint density at radius 2 is 1.59 bits per heavy atom. The van der Waals surface area contributed by atoms with Gasteiger partial charge in [0.05, 0.1) is 77.5 Å². The number of imide groups is 1. The standard InChI is InChI=1S/C55H57F3N6O10S/c1-33(2)48(62-30-38-8-6-7-9-43(38)50(62)67)51(68)61-31-41(65)28-45(61)46(66)19-13-35-10-11-36(49-34(3)60-32-75-49)26-47(35)74-25-23-72-21-20-71-22-24-73-42-17-15-39(16-18-42)64-53(70)63(52(69)54(64,4)5)40-14-12-37(29-59)44(27-40)55(56,57)58/h6-12,14-18,26-27,32-33,41,45,48,65H,13,19-25,28,30-31H2,1-5H3/t41-,45-,48?/m0/s1. The van der Waals surface area contributed by atoms with Gasteiger partial charge in [0.2, 0.25) is 5.91 Å². The quantitative estimate of drug-likeness (QED) is 0.0546. The molecule has 4 heterocycles. The normalized spacial score (nSPS) is 17.7. The number of ether oxygens (including phenoxy) is 4. The average molecular weight is 1050 g/mol. The number of thiazole rings is 1. The lowest BCUT2D eigenvalue weighted by Crippen LogP contribution is -2.54. The van der Waals surface area contributed by atoms with Crippen molar-refractivity contribution in [2.45, 2.75) is 90.3 Å². The Labute approximate surface area is 436 Å². The van der Waals surface area contributed by atoms with Crippen molar-refractivity contribution >= 4 is 52.2 Å². The van der Waals surface area contributed by atoms with E-state index in [2.05, 4.69) is 4.98 Å². The number of nitrogens with zero attached hydrogens (tertiary/aromatic N) is 6. The van der Waals surface area contributed by atoms with Gasteiger partial charge >= 0.3 is 12.2 Å². The lowest BCUT2D eigenvalue weighted by molar-refractivity contribution is -0.142. The van der Waals surface area contributed by atoms with E-state index in [4.69, 9.17) is 18.9 Å². The first kappa shape index (κ1) is 54.1. The molecule has 2 saturated heterocycles. The molecule has 3 atom stereocenters. The van der Waals surface area contributed by atoms with E-state index in [0.717, 1.165) is 39.4 Å². The zero-order valence-corrected chi connectivity index (χ0v) is 42.9. The van der Waals surface area contributed by atoms with Crippen LogP contribution in [0.2, 0.25) is 0 Å². The number of ketones is 1. The summed E-state index contributed by atoms with van der Waals surface area (Å²) in [5.41, 5.74) is 2.41. The number of urea groups is 1. The Morgan fingerprint density at radius 1 is 0.907 bits per heavy atom. The highest BCUT2D eigenvalue weighted by molar-refractivity contribution is 7.13. The molecule has 4 aromatic carbocycles. The molecule has 3 aliphatic heterocycles. The van der Waals surface area contributed by atoms with Crippen molar-refractivity contribution in [2.75, 3.05) is 56.0 Å². The van der Waals surface area contributed by atoms with Crippen molar-refractivity contribution in [1.29, 1.82) is 5.26 Å². The van der Waals surface area contributed by atoms with Gasteiger partial charge in [-0.3, -0.25) is 24.1 Å². The van der Waals surface area contributed by atoms with Crippen LogP contribution in [0.5, 0.6) is 11.5 Å². The van der Waals surface area contributed by atoms with Gasteiger partial charge in [-0.2, -0.15) is 18.4 Å². The van der Waals surface area contributed by atoms with Crippen LogP contribution in [0.1, 0.15) is 78.8 Å². The molecule has 5 amide bonds. The minimum absolute atomic E-state index is 0.00324. The number of likely N-dealkylation sites (tertiary alicyclic amines) is 1. The Balaban J connectivity index is 0.797. The fraction of sp³-hybridized carbons (Fsp3) is 0.400. The van der Waals surface area contributed by atoms with Crippen LogP contribution in [0.25, 0.3) is 10.4 Å². The number of aromatic nitrogens is 1. The second-order valence-corrected chi connectivity index (χ2v) is 20.2. The van der Waals surface area contributed by atoms with Gasteiger partial charge in [-0.05, 0) is 104 Å². The molecular weight excluding hydrogens is 994 g/mol. The summed E-state index contributed by atoms with van der Waals surface area (Å²) in [6.45, 7) is 10.3. The van der Waals surface area contributed by atoms with Crippen molar-refractivity contribution in [3.05, 3.63) is 124 Å². The van der Waals surface area contributed by atoms with Gasteiger partial charge in [-0.1, -0.05) is 44.2 Å². The molecule has 2 fully saturated rings. The first-order valence-corrected chi connectivity index (χ1v) is 25.4. The van der Waals surface area contributed by atoms with Gasteiger partial charge in [-0.25, -0.2) is 14.7 Å². The third-order valence-electron chi connectivity index (χ3n) is 13.5. The number of hydrogen-bond acceptors (Lipinski definition) is 13. The van der Waals surface area contributed by atoms with Gasteiger partial charge in [0.25, 0.3) is 11.8 Å². The maximum absolute atomic E-state index is 14.3. The Bertz CT molecular complexity index is 2990. The lowest BCUT2D eigenvalue weighted by Gasteiger charge is -2.35. The summed E-state index contributed by atoms with van der Waals surface area (Å²) in [7, 11) is 0. The highest BCUT2D eigenvalue weighted by Gasteiger charge is 2.53. The number of carbonyl (C=O) groups excluding carboxylic acids is 5. The van der Waals surface area contributed by atoms with Gasteiger partial charge in [0.15, 0.2) is 5.78 Å². The van der Waals surface area contributed by atoms with E-state index < -0.39 is 53.0 Å². The number of halogens is 3. The third kappa shape index (κ3) is 11.6. The van der Waals surface area contributed by atoms with E-state index in [1.165, 1.54) is 41.1 Å². The van der Waals surface area contributed by atoms with Crippen molar-refractivity contribution in [1.82, 2.24) is 14.8 Å². The molecular formula is C55H57F3N6O10S. The molecule has 0 saturated carbocycles. The second kappa shape index (κ2) is 22.7. The van der Waals surface area contributed by atoms with Crippen LogP contribution in [0, 0.1) is 24.2 Å². The summed E-state index contributed by atoms with van der Waals surface area (Å²) in [6, 6.07) is 21.1. The minimum Gasteiger partial charge on any atom is -0.491 e. The molecule has 5 aromatic rings. The Morgan fingerprint density at radius 3 is 2.24 bits per heavy atom. The number of aliphatic hydroxyl groups is 1. The Kier molecular flexibility index (Phi) is 16.4. The average Bonchev–Trinajstić information content (AvgIpc) is 4.14. The van der Waals surface area contributed by atoms with Crippen LogP contribution in [0.15, 0.2) is 90.4 Å². The van der Waals surface area contributed by atoms with Crippen molar-refractivity contribution in [3.8, 4) is 28.0 Å². The maximum Gasteiger partial charge on any atom is 0.417 e. The SMILES string of the molecule is Cc1ncsc1-c1ccc(CCC(=O)[C@@H]2C[C@H](O)CN2C(=O)C(C(C)C)N2Cc3ccccc3C2=O)c(OCCOCCOCCOc2ccc(N3C(=O)N(c4ccc(C#N)c(C(F)(F)F)c4)C(=O)C3(C)C)cc2)c1. The molecule has 16 nitrogen and oxygen atoms in total. The second-order valence-electron chi connectivity index (χ2n) is 19.3. The topological polar surface area (TPSA) is 192 Å². The Hall–Kier alpha value is -7.18. The molecule has 20 heteroatoms. The molecule has 0 aliphatic carbocycles. The van der Waals surface area contributed by atoms with E-state index in [1.54, 1.807) is 46.8 Å². The first-order valence-electron chi connectivity index (χ1n) is 24.5. The number of Topliss-reactive ketones (excluding diaryl/α,β-unsaturated/α-hetero) is 1. The summed E-state index contributed by atoms with van der Waals surface area (Å²) in [6.07, 6.45) is -5.25. The van der Waals surface area contributed by atoms with E-state index in [-0.39, 0.29) is 88.2 Å². The molecule has 1 unspecified atom stereocenters. The van der Waals surface area contributed by atoms with Crippen molar-refractivity contribution < 1.29 is 61.2 Å². The highest BCUT2D eigenvalue weighted by atomic mass is 32.1. The maximum atomic E-state index is 14.3. The predicted molar refractivity (Wildman–Crippen MR) is 271 cm³/mol. The van der Waals surface area contributed by atoms with Crippen molar-refractivity contribution in [3.63, 3.8) is 0 Å². The molecule has 0 spiro atoms. The van der Waals surface area contributed by atoms with Gasteiger partial charge in [0, 0.05) is 37.2 Å². The fourth-order valence-corrected chi connectivity index (χ4v) is 10.6. The number of benzene rings is 4. The summed E-state index contributed by atoms with van der Waals surface area (Å²) in [5.74, 6) is -0.734. The number of aryl methyl sites for hydroxylation is 2. The predicted octanol–water partition coefficient (Wildman–Crippen LogP) is 8.40. The molecule has 8 rings (SSSR count). The number of nitriles is 1. The number of anilines is 2. The number of rotatable bonds is 21. The van der Waals surface area contributed by atoms with E-state index in [0.29, 0.717) is 46.7 Å². The van der Waals surface area contributed by atoms with Crippen LogP contribution in [-0.4, -0.2) is 119 Å². The van der Waals surface area contributed by atoms with Crippen LogP contribution in [0.4, 0.5) is 29.3 Å². The monoisotopic (exact) mass is 1050 g/mol. The van der Waals surface area contributed by atoms with E-state index >= 15 is 0 Å². The number of amides is 5. The van der Waals surface area contributed by atoms with E-state index in [9.17, 15) is 47.5 Å². The van der Waals surface area contributed by atoms with Crippen LogP contribution in [-0.2, 0) is 43.0 Å². The molecule has 0 radical (unpaired) electrons. The summed E-state index contributed by atoms with van der Waals surface area (Å²) in [4.78, 5) is 79.1. The first-order chi connectivity index (χ1) is 35.8. The number of fused-ring (bicyclic) bond motifs is 1. The fourth-order valence-electron chi connectivity index (χ4n) is 9.75. The minimum atomic E-state index is -4.88. The van der Waals surface area contributed by atoms with Gasteiger partial charge in [-0.15, -0.1) is 11.3 Å². The summed E-state index contributed by atoms with van der Waals surface area (Å²) in [5, 5.41) is 20.0. The molecule has 1 N–H and O–H groups in total. The molecule has 0 bridgehead atoms. The third-order valence-corrected chi connectivity index (χ3v) is 14.5. The summed E-state index contributed by atoms with van der Waals surface area (Å²) < 4.78 is 64.7. The molecule has 1 aromatic heterocycles. The number of carbonyl (C=O) groups is 5. The lowest BCUT2D eigenvalue weighted by atomic mass is 9.97. The van der Waals surface area contributed by atoms with Crippen LogP contribution in [0.3, 0.4) is 0 Å². The molecule has 394 valence electrons. The van der Waals surface area contributed by atoms with Crippen LogP contribution >= 0.6 is 11.3 Å². The molecule has 3 aliphatic rings. The largest absolute Gasteiger partial charge is 0.491 e. The van der Waals surface area contributed by atoms with Gasteiger partial charge < -0.3 is 33.9 Å². The number of β-amino-alcohol motifs (C(OH)–C–C–N with tert-alkyl or cyclic N) is 1. The summed E-state index contributed by atoms with van der Waals surface area (Å²) >= 11 is 1.50.